The van der Waals surface area contributed by atoms with Gasteiger partial charge >= 0.3 is 0 Å². The van der Waals surface area contributed by atoms with Gasteiger partial charge in [-0.2, -0.15) is 0 Å². The summed E-state index contributed by atoms with van der Waals surface area (Å²) in [5, 5.41) is 7.02. The second-order valence-electron chi connectivity index (χ2n) is 5.06. The number of hydrogen-bond acceptors (Lipinski definition) is 3. The van der Waals surface area contributed by atoms with Crippen molar-refractivity contribution in [2.75, 3.05) is 26.2 Å². The van der Waals surface area contributed by atoms with E-state index in [1.54, 1.807) is 0 Å². The van der Waals surface area contributed by atoms with E-state index in [1.165, 1.54) is 12.1 Å². The molecule has 88 valence electrons. The van der Waals surface area contributed by atoms with Gasteiger partial charge in [-0.25, -0.2) is 0 Å². The van der Waals surface area contributed by atoms with Crippen molar-refractivity contribution >= 4 is 5.71 Å². The molecule has 1 rings (SSSR count). The van der Waals surface area contributed by atoms with Crippen LogP contribution in [0, 0.1) is 0 Å². The molecule has 0 unspecified atom stereocenters. The Hall–Kier alpha value is -0.410. The molecule has 1 aliphatic heterocycles. The zero-order valence-corrected chi connectivity index (χ0v) is 10.4. The van der Waals surface area contributed by atoms with E-state index in [0.717, 1.165) is 39.0 Å². The van der Waals surface area contributed by atoms with Gasteiger partial charge in [0.1, 0.15) is 0 Å². The molecule has 3 heteroatoms. The van der Waals surface area contributed by atoms with Crippen LogP contribution in [0.25, 0.3) is 0 Å². The van der Waals surface area contributed by atoms with E-state index in [0.29, 0.717) is 0 Å². The van der Waals surface area contributed by atoms with Gasteiger partial charge < -0.3 is 10.6 Å². The Labute approximate surface area is 93.7 Å². The highest BCUT2D eigenvalue weighted by molar-refractivity contribution is 5.82. The first kappa shape index (κ1) is 12.7. The van der Waals surface area contributed by atoms with E-state index in [9.17, 15) is 0 Å². The maximum atomic E-state index is 4.59. The average molecular weight is 211 g/mol. The van der Waals surface area contributed by atoms with Gasteiger partial charge in [-0.15, -0.1) is 0 Å². The third kappa shape index (κ3) is 5.90. The van der Waals surface area contributed by atoms with Crippen LogP contribution in [0.5, 0.6) is 0 Å². The van der Waals surface area contributed by atoms with Crippen LogP contribution in [0.4, 0.5) is 0 Å². The summed E-state index contributed by atoms with van der Waals surface area (Å²) in [5.41, 5.74) is 1.46. The minimum absolute atomic E-state index is 0.187. The van der Waals surface area contributed by atoms with Crippen molar-refractivity contribution in [1.29, 1.82) is 0 Å². The lowest BCUT2D eigenvalue weighted by molar-refractivity contribution is 0.394. The lowest BCUT2D eigenvalue weighted by Gasteiger charge is -2.27. The molecule has 0 fully saturated rings. The van der Waals surface area contributed by atoms with Crippen molar-refractivity contribution in [3.8, 4) is 0 Å². The Morgan fingerprint density at radius 2 is 1.87 bits per heavy atom. The van der Waals surface area contributed by atoms with Crippen molar-refractivity contribution in [2.45, 2.75) is 45.6 Å². The van der Waals surface area contributed by atoms with E-state index in [4.69, 9.17) is 0 Å². The van der Waals surface area contributed by atoms with Crippen LogP contribution in [0.2, 0.25) is 0 Å². The standard InChI is InChI=1S/C12H25N3/c1-11-10-12(2,3)15-9-5-7-13-6-4-8-14-11/h13,15H,4-10H2,1-3H3/b14-11+. The molecule has 0 aromatic carbocycles. The highest BCUT2D eigenvalue weighted by Gasteiger charge is 2.17. The average Bonchev–Trinajstić information content (AvgIpc) is 2.12. The third-order valence-corrected chi connectivity index (χ3v) is 2.73. The second kappa shape index (κ2) is 6.23. The molecule has 2 N–H and O–H groups in total. The molecule has 0 atom stereocenters. The molecule has 0 aromatic rings. The summed E-state index contributed by atoms with van der Waals surface area (Å²) in [5.74, 6) is 0. The molecule has 15 heavy (non-hydrogen) atoms. The number of nitrogens with zero attached hydrogens (tertiary/aromatic N) is 1. The molecule has 1 aliphatic rings. The molecule has 0 aromatic heterocycles. The summed E-state index contributed by atoms with van der Waals surface area (Å²) in [7, 11) is 0. The quantitative estimate of drug-likeness (QED) is 0.638. The molecule has 0 aliphatic carbocycles. The SMILES string of the molecule is C/C1=N\CCCNCCCNC(C)(C)C1. The predicted octanol–water partition coefficient (Wildman–Crippen LogP) is 1.59. The normalized spacial score (nSPS) is 28.3. The maximum absolute atomic E-state index is 4.59. The molecular formula is C12H25N3. The molecule has 1 heterocycles. The molecule has 0 spiro atoms. The van der Waals surface area contributed by atoms with E-state index in [1.807, 2.05) is 0 Å². The molecule has 0 amide bonds. The fourth-order valence-corrected chi connectivity index (χ4v) is 2.00. The summed E-state index contributed by atoms with van der Waals surface area (Å²) in [4.78, 5) is 4.59. The monoisotopic (exact) mass is 211 g/mol. The fourth-order valence-electron chi connectivity index (χ4n) is 2.00. The van der Waals surface area contributed by atoms with Gasteiger partial charge in [-0.05, 0) is 53.2 Å². The Bertz CT molecular complexity index is 209. The maximum Gasteiger partial charge on any atom is 0.0400 e. The molecule has 0 saturated heterocycles. The zero-order chi connectivity index (χ0) is 11.1. The van der Waals surface area contributed by atoms with E-state index < -0.39 is 0 Å². The topological polar surface area (TPSA) is 36.4 Å². The Morgan fingerprint density at radius 1 is 1.13 bits per heavy atom. The van der Waals surface area contributed by atoms with Crippen LogP contribution in [0.15, 0.2) is 4.99 Å². The highest BCUT2D eigenvalue weighted by Crippen LogP contribution is 2.09. The molecular weight excluding hydrogens is 186 g/mol. The number of hydrogen-bond donors (Lipinski definition) is 2. The fraction of sp³-hybridized carbons (Fsp3) is 0.917. The predicted molar refractivity (Wildman–Crippen MR) is 66.8 cm³/mol. The van der Waals surface area contributed by atoms with E-state index in [2.05, 4.69) is 36.4 Å². The van der Waals surface area contributed by atoms with Crippen molar-refractivity contribution in [2.24, 2.45) is 4.99 Å². The smallest absolute Gasteiger partial charge is 0.0400 e. The number of aliphatic imine (C=N–C) groups is 1. The first-order valence-electron chi connectivity index (χ1n) is 6.06. The van der Waals surface area contributed by atoms with Crippen LogP contribution < -0.4 is 10.6 Å². The molecule has 0 radical (unpaired) electrons. The third-order valence-electron chi connectivity index (χ3n) is 2.73. The van der Waals surface area contributed by atoms with E-state index in [-0.39, 0.29) is 5.54 Å². The van der Waals surface area contributed by atoms with Crippen molar-refractivity contribution in [1.82, 2.24) is 10.6 Å². The summed E-state index contributed by atoms with van der Waals surface area (Å²) in [6.45, 7) is 10.9. The molecule has 3 nitrogen and oxygen atoms in total. The summed E-state index contributed by atoms with van der Waals surface area (Å²) in [6, 6.07) is 0. The van der Waals surface area contributed by atoms with Crippen LogP contribution in [-0.2, 0) is 0 Å². The highest BCUT2D eigenvalue weighted by atomic mass is 15.0. The van der Waals surface area contributed by atoms with Gasteiger partial charge in [-0.1, -0.05) is 0 Å². The minimum atomic E-state index is 0.187. The number of rotatable bonds is 0. The lowest BCUT2D eigenvalue weighted by atomic mass is 9.97. The minimum Gasteiger partial charge on any atom is -0.317 e. The Balaban J connectivity index is 2.49. The van der Waals surface area contributed by atoms with Gasteiger partial charge in [0.15, 0.2) is 0 Å². The van der Waals surface area contributed by atoms with Crippen molar-refractivity contribution in [3.63, 3.8) is 0 Å². The van der Waals surface area contributed by atoms with E-state index >= 15 is 0 Å². The summed E-state index contributed by atoms with van der Waals surface area (Å²) < 4.78 is 0. The molecule has 0 bridgehead atoms. The molecule has 0 saturated carbocycles. The van der Waals surface area contributed by atoms with Crippen LogP contribution in [0.3, 0.4) is 0 Å². The first-order chi connectivity index (χ1) is 7.10. The summed E-state index contributed by atoms with van der Waals surface area (Å²) >= 11 is 0. The van der Waals surface area contributed by atoms with Gasteiger partial charge in [0.05, 0.1) is 0 Å². The summed E-state index contributed by atoms with van der Waals surface area (Å²) in [6.07, 6.45) is 3.42. The Kier molecular flexibility index (Phi) is 5.26. The van der Waals surface area contributed by atoms with Gasteiger partial charge in [-0.3, -0.25) is 4.99 Å². The van der Waals surface area contributed by atoms with Crippen LogP contribution in [0.1, 0.15) is 40.0 Å². The van der Waals surface area contributed by atoms with Gasteiger partial charge in [0, 0.05) is 24.2 Å². The van der Waals surface area contributed by atoms with Crippen LogP contribution in [-0.4, -0.2) is 37.4 Å². The lowest BCUT2D eigenvalue weighted by Crippen LogP contribution is -2.42. The van der Waals surface area contributed by atoms with Gasteiger partial charge in [0.25, 0.3) is 0 Å². The van der Waals surface area contributed by atoms with Crippen LogP contribution >= 0.6 is 0 Å². The van der Waals surface area contributed by atoms with Crippen molar-refractivity contribution in [3.05, 3.63) is 0 Å². The number of nitrogens with one attached hydrogen (secondary N) is 2. The second-order valence-corrected chi connectivity index (χ2v) is 5.06. The largest absolute Gasteiger partial charge is 0.317 e. The van der Waals surface area contributed by atoms with Gasteiger partial charge in [0.2, 0.25) is 0 Å². The Morgan fingerprint density at radius 3 is 2.67 bits per heavy atom. The zero-order valence-electron chi connectivity index (χ0n) is 10.4. The first-order valence-corrected chi connectivity index (χ1v) is 6.06. The van der Waals surface area contributed by atoms with Crippen molar-refractivity contribution < 1.29 is 0 Å².